The number of benzene rings is 1. The summed E-state index contributed by atoms with van der Waals surface area (Å²) in [5, 5.41) is 1.16. The molecule has 6 heteroatoms. The molecule has 3 aliphatic rings. The van der Waals surface area contributed by atoms with Gasteiger partial charge in [-0.2, -0.15) is 0 Å². The van der Waals surface area contributed by atoms with Gasteiger partial charge in [-0.25, -0.2) is 0 Å². The van der Waals surface area contributed by atoms with Crippen LogP contribution in [0.1, 0.15) is 16.4 Å². The average Bonchev–Trinajstić information content (AvgIpc) is 3.31. The number of rotatable bonds is 2. The molecule has 0 spiro atoms. The Kier molecular flexibility index (Phi) is 2.93. The maximum Gasteiger partial charge on any atom is 0.308 e. The smallest absolute Gasteiger partial charge is 0.308 e. The van der Waals surface area contributed by atoms with Crippen LogP contribution in [0, 0.1) is 5.92 Å². The lowest BCUT2D eigenvalue weighted by atomic mass is 9.84. The van der Waals surface area contributed by atoms with E-state index in [1.807, 2.05) is 16.7 Å². The predicted molar refractivity (Wildman–Crippen MR) is 86.3 cm³/mol. The van der Waals surface area contributed by atoms with Gasteiger partial charge in [0, 0.05) is 28.0 Å². The number of ether oxygens (including phenoxy) is 2. The number of hydrogen-bond acceptors (Lipinski definition) is 5. The van der Waals surface area contributed by atoms with Crippen molar-refractivity contribution in [3.8, 4) is 5.75 Å². The van der Waals surface area contributed by atoms with E-state index < -0.39 is 0 Å². The molecule has 5 rings (SSSR count). The van der Waals surface area contributed by atoms with Crippen molar-refractivity contribution in [3.05, 3.63) is 44.4 Å². The first-order chi connectivity index (χ1) is 10.8. The SMILES string of the molecule is O=c1sc2c(n1C[C@@H]1CO1)SC[C@H]1COc3ccccc3[C@@H]21. The molecule has 0 unspecified atom stereocenters. The number of fused-ring (bicyclic) bond motifs is 5. The van der Waals surface area contributed by atoms with Gasteiger partial charge in [0.2, 0.25) is 0 Å². The van der Waals surface area contributed by atoms with E-state index in [1.165, 1.54) is 21.8 Å². The van der Waals surface area contributed by atoms with Crippen LogP contribution in [0.2, 0.25) is 0 Å². The number of epoxide rings is 1. The van der Waals surface area contributed by atoms with Crippen LogP contribution in [0.4, 0.5) is 0 Å². The van der Waals surface area contributed by atoms with Crippen LogP contribution in [0.5, 0.6) is 5.75 Å². The second kappa shape index (κ2) is 4.88. The number of nitrogens with zero attached hydrogens (tertiary/aromatic N) is 1. The largest absolute Gasteiger partial charge is 0.493 e. The second-order valence-electron chi connectivity index (χ2n) is 6.00. The van der Waals surface area contributed by atoms with Crippen LogP contribution in [-0.4, -0.2) is 29.6 Å². The van der Waals surface area contributed by atoms with Crippen molar-refractivity contribution in [3.63, 3.8) is 0 Å². The second-order valence-corrected chi connectivity index (χ2v) is 8.00. The van der Waals surface area contributed by atoms with Gasteiger partial charge in [-0.05, 0) is 6.07 Å². The Bertz CT molecular complexity index is 793. The van der Waals surface area contributed by atoms with Gasteiger partial charge in [0.05, 0.1) is 30.9 Å². The summed E-state index contributed by atoms with van der Waals surface area (Å²) in [6.45, 7) is 2.23. The Morgan fingerprint density at radius 1 is 1.27 bits per heavy atom. The number of thiazole rings is 1. The Morgan fingerprint density at radius 2 is 2.14 bits per heavy atom. The lowest BCUT2D eigenvalue weighted by Gasteiger charge is -2.36. The molecule has 2 aromatic rings. The van der Waals surface area contributed by atoms with Crippen LogP contribution in [-0.2, 0) is 11.3 Å². The number of aromatic nitrogens is 1. The van der Waals surface area contributed by atoms with Gasteiger partial charge in [0.25, 0.3) is 0 Å². The molecule has 0 bridgehead atoms. The normalized spacial score (nSPS) is 28.3. The summed E-state index contributed by atoms with van der Waals surface area (Å²) < 4.78 is 13.1. The van der Waals surface area contributed by atoms with Crippen molar-refractivity contribution >= 4 is 23.1 Å². The summed E-state index contributed by atoms with van der Waals surface area (Å²) in [6.07, 6.45) is 0.233. The van der Waals surface area contributed by atoms with E-state index in [4.69, 9.17) is 9.47 Å². The molecule has 3 aliphatic heterocycles. The first kappa shape index (κ1) is 13.2. The fraction of sp³-hybridized carbons (Fsp3) is 0.438. The van der Waals surface area contributed by atoms with Gasteiger partial charge < -0.3 is 9.47 Å². The third-order valence-electron chi connectivity index (χ3n) is 4.56. The Labute approximate surface area is 136 Å². The molecule has 22 heavy (non-hydrogen) atoms. The fourth-order valence-corrected chi connectivity index (χ4v) is 6.10. The van der Waals surface area contributed by atoms with Crippen molar-refractivity contribution in [2.24, 2.45) is 5.92 Å². The zero-order valence-corrected chi connectivity index (χ0v) is 13.5. The molecule has 3 atom stereocenters. The first-order valence-electron chi connectivity index (χ1n) is 7.51. The van der Waals surface area contributed by atoms with E-state index in [1.54, 1.807) is 11.8 Å². The molecule has 114 valence electrons. The van der Waals surface area contributed by atoms with E-state index in [0.29, 0.717) is 18.4 Å². The van der Waals surface area contributed by atoms with Gasteiger partial charge in [-0.3, -0.25) is 9.36 Å². The van der Waals surface area contributed by atoms with Crippen molar-refractivity contribution in [1.82, 2.24) is 4.57 Å². The zero-order chi connectivity index (χ0) is 14.7. The summed E-state index contributed by atoms with van der Waals surface area (Å²) in [6, 6.07) is 8.24. The molecule has 0 saturated carbocycles. The van der Waals surface area contributed by atoms with E-state index in [2.05, 4.69) is 12.1 Å². The zero-order valence-electron chi connectivity index (χ0n) is 11.9. The summed E-state index contributed by atoms with van der Waals surface area (Å²) >= 11 is 3.22. The topological polar surface area (TPSA) is 43.8 Å². The summed E-state index contributed by atoms with van der Waals surface area (Å²) in [4.78, 5) is 13.8. The van der Waals surface area contributed by atoms with E-state index in [-0.39, 0.29) is 11.0 Å². The minimum absolute atomic E-state index is 0.151. The highest BCUT2D eigenvalue weighted by Crippen LogP contribution is 2.50. The molecule has 1 fully saturated rings. The molecule has 4 heterocycles. The molecule has 0 N–H and O–H groups in total. The van der Waals surface area contributed by atoms with Crippen LogP contribution in [0.25, 0.3) is 0 Å². The number of hydrogen-bond donors (Lipinski definition) is 0. The highest BCUT2D eigenvalue weighted by Gasteiger charge is 2.40. The predicted octanol–water partition coefficient (Wildman–Crippen LogP) is 2.55. The van der Waals surface area contributed by atoms with Crippen LogP contribution >= 0.6 is 23.1 Å². The van der Waals surface area contributed by atoms with Gasteiger partial charge in [-0.15, -0.1) is 11.8 Å². The summed E-state index contributed by atoms with van der Waals surface area (Å²) in [5.41, 5.74) is 1.23. The van der Waals surface area contributed by atoms with Gasteiger partial charge >= 0.3 is 4.87 Å². The highest BCUT2D eigenvalue weighted by atomic mass is 32.2. The van der Waals surface area contributed by atoms with Crippen molar-refractivity contribution in [2.45, 2.75) is 23.6 Å². The van der Waals surface area contributed by atoms with Gasteiger partial charge in [-0.1, -0.05) is 29.5 Å². The minimum Gasteiger partial charge on any atom is -0.493 e. The molecule has 1 saturated heterocycles. The average molecular weight is 333 g/mol. The number of thioether (sulfide) groups is 1. The Morgan fingerprint density at radius 3 is 3.00 bits per heavy atom. The Balaban J connectivity index is 1.65. The number of para-hydroxylation sites is 1. The molecular weight excluding hydrogens is 318 g/mol. The van der Waals surface area contributed by atoms with Crippen LogP contribution in [0.15, 0.2) is 34.1 Å². The molecule has 0 aliphatic carbocycles. The van der Waals surface area contributed by atoms with Crippen LogP contribution in [0.3, 0.4) is 0 Å². The molecule has 1 aromatic heterocycles. The Hall–Kier alpha value is -1.24. The first-order valence-corrected chi connectivity index (χ1v) is 9.31. The molecule has 4 nitrogen and oxygen atoms in total. The lowest BCUT2D eigenvalue weighted by molar-refractivity contribution is 0.218. The van der Waals surface area contributed by atoms with E-state index in [9.17, 15) is 4.79 Å². The molecule has 0 radical (unpaired) electrons. The third kappa shape index (κ3) is 1.97. The monoisotopic (exact) mass is 333 g/mol. The quantitative estimate of drug-likeness (QED) is 0.792. The van der Waals surface area contributed by atoms with Crippen molar-refractivity contribution < 1.29 is 9.47 Å². The minimum atomic E-state index is 0.151. The van der Waals surface area contributed by atoms with Gasteiger partial charge in [0.15, 0.2) is 0 Å². The maximum absolute atomic E-state index is 12.4. The molecule has 0 amide bonds. The standard InChI is InChI=1S/C16H15NO3S2/c18-16-17(5-10-7-19-10)15-14(22-16)13-9(8-21-15)6-20-12-4-2-1-3-11(12)13/h1-4,9-10,13H,5-8H2/t9-,10-,13+/m1/s1. The lowest BCUT2D eigenvalue weighted by Crippen LogP contribution is -2.31. The molecule has 1 aromatic carbocycles. The van der Waals surface area contributed by atoms with E-state index >= 15 is 0 Å². The summed E-state index contributed by atoms with van der Waals surface area (Å²) in [5.74, 6) is 2.74. The van der Waals surface area contributed by atoms with Crippen molar-refractivity contribution in [2.75, 3.05) is 19.0 Å². The maximum atomic E-state index is 12.4. The van der Waals surface area contributed by atoms with E-state index in [0.717, 1.165) is 29.7 Å². The highest BCUT2D eigenvalue weighted by molar-refractivity contribution is 7.99. The summed E-state index contributed by atoms with van der Waals surface area (Å²) in [7, 11) is 0. The van der Waals surface area contributed by atoms with Crippen LogP contribution < -0.4 is 9.61 Å². The fourth-order valence-electron chi connectivity index (χ4n) is 3.39. The molecular formula is C16H15NO3S2. The van der Waals surface area contributed by atoms with Gasteiger partial charge in [0.1, 0.15) is 5.75 Å². The third-order valence-corrected chi connectivity index (χ3v) is 7.06. The van der Waals surface area contributed by atoms with Crippen molar-refractivity contribution in [1.29, 1.82) is 0 Å².